The van der Waals surface area contributed by atoms with E-state index in [2.05, 4.69) is 25.9 Å². The smallest absolute Gasteiger partial charge is 0.255 e. The van der Waals surface area contributed by atoms with Crippen LogP contribution >= 0.6 is 0 Å². The van der Waals surface area contributed by atoms with E-state index in [9.17, 15) is 4.79 Å². The van der Waals surface area contributed by atoms with Crippen LogP contribution < -0.4 is 20.7 Å². The molecule has 3 aromatic rings. The molecule has 31 heavy (non-hydrogen) atoms. The second-order valence-corrected chi connectivity index (χ2v) is 7.57. The molecule has 0 radical (unpaired) electrons. The van der Waals surface area contributed by atoms with Gasteiger partial charge in [0.05, 0.1) is 18.8 Å². The van der Waals surface area contributed by atoms with Gasteiger partial charge in [-0.2, -0.15) is 0 Å². The second-order valence-electron chi connectivity index (χ2n) is 7.57. The number of benzene rings is 1. The van der Waals surface area contributed by atoms with Gasteiger partial charge in [0.2, 0.25) is 0 Å². The van der Waals surface area contributed by atoms with E-state index in [4.69, 9.17) is 4.74 Å². The minimum absolute atomic E-state index is 0.0802. The quantitative estimate of drug-likeness (QED) is 0.541. The van der Waals surface area contributed by atoms with E-state index in [1.165, 1.54) is 5.56 Å². The highest BCUT2D eigenvalue weighted by Gasteiger charge is 2.26. The molecule has 1 aliphatic heterocycles. The molecule has 3 N–H and O–H groups in total. The number of amides is 1. The van der Waals surface area contributed by atoms with Gasteiger partial charge in [0.1, 0.15) is 11.6 Å². The number of carbonyl (C=O) groups excluding carboxylic acids is 1. The highest BCUT2D eigenvalue weighted by atomic mass is 16.5. The zero-order valence-corrected chi connectivity index (χ0v) is 17.5. The Balaban J connectivity index is 1.56. The number of ether oxygens (including phenoxy) is 1. The van der Waals surface area contributed by atoms with Gasteiger partial charge in [-0.1, -0.05) is 0 Å². The van der Waals surface area contributed by atoms with Crippen molar-refractivity contribution in [2.24, 2.45) is 5.92 Å². The van der Waals surface area contributed by atoms with Crippen molar-refractivity contribution in [3.8, 4) is 5.75 Å². The molecule has 2 aromatic heterocycles. The molecule has 160 valence electrons. The van der Waals surface area contributed by atoms with E-state index >= 15 is 0 Å². The Hall–Kier alpha value is -3.45. The zero-order chi connectivity index (χ0) is 21.5. The van der Waals surface area contributed by atoms with Crippen LogP contribution in [0.2, 0.25) is 0 Å². The van der Waals surface area contributed by atoms with Crippen molar-refractivity contribution in [3.05, 3.63) is 78.2 Å². The Morgan fingerprint density at radius 3 is 2.52 bits per heavy atom. The number of hydrogen-bond donors (Lipinski definition) is 3. The number of anilines is 2. The van der Waals surface area contributed by atoms with Gasteiger partial charge in [0.15, 0.2) is 0 Å². The van der Waals surface area contributed by atoms with Crippen LogP contribution in [0.3, 0.4) is 0 Å². The van der Waals surface area contributed by atoms with Crippen LogP contribution in [-0.4, -0.2) is 36.1 Å². The predicted molar refractivity (Wildman–Crippen MR) is 121 cm³/mol. The number of hydrogen-bond acceptors (Lipinski definition) is 6. The summed E-state index contributed by atoms with van der Waals surface area (Å²) in [6.07, 6.45) is 7.50. The number of nitrogens with zero attached hydrogens (tertiary/aromatic N) is 2. The van der Waals surface area contributed by atoms with E-state index in [1.54, 1.807) is 37.6 Å². The van der Waals surface area contributed by atoms with Crippen molar-refractivity contribution in [1.29, 1.82) is 0 Å². The minimum atomic E-state index is -0.193. The molecule has 0 aliphatic carbocycles. The van der Waals surface area contributed by atoms with E-state index in [0.29, 0.717) is 28.7 Å². The summed E-state index contributed by atoms with van der Waals surface area (Å²) in [7, 11) is 1.60. The van der Waals surface area contributed by atoms with Crippen LogP contribution in [0.4, 0.5) is 11.5 Å². The lowest BCUT2D eigenvalue weighted by Crippen LogP contribution is -2.33. The van der Waals surface area contributed by atoms with Crippen LogP contribution in [0, 0.1) is 5.92 Å². The molecule has 1 saturated heterocycles. The van der Waals surface area contributed by atoms with Crippen LogP contribution in [0.5, 0.6) is 5.75 Å². The number of aromatic nitrogens is 2. The van der Waals surface area contributed by atoms with Crippen molar-refractivity contribution < 1.29 is 9.53 Å². The molecule has 1 aliphatic rings. The fourth-order valence-corrected chi connectivity index (χ4v) is 3.93. The van der Waals surface area contributed by atoms with Crippen LogP contribution in [0.25, 0.3) is 0 Å². The van der Waals surface area contributed by atoms with Gasteiger partial charge in [0.25, 0.3) is 5.91 Å². The third-order valence-corrected chi connectivity index (χ3v) is 5.62. The maximum absolute atomic E-state index is 12.8. The van der Waals surface area contributed by atoms with Crippen LogP contribution in [-0.2, 0) is 0 Å². The van der Waals surface area contributed by atoms with Crippen molar-refractivity contribution in [2.45, 2.75) is 18.9 Å². The third-order valence-electron chi connectivity index (χ3n) is 5.62. The average Bonchev–Trinajstić information content (AvgIpc) is 2.84. The highest BCUT2D eigenvalue weighted by Crippen LogP contribution is 2.33. The van der Waals surface area contributed by atoms with E-state index < -0.39 is 0 Å². The summed E-state index contributed by atoms with van der Waals surface area (Å²) in [5, 5.41) is 10.0. The SMILES string of the molecule is COc1ccc(C(=O)Nc2cccnc2NC(c2ccncc2)C2CCNCC2)cc1. The van der Waals surface area contributed by atoms with Crippen LogP contribution in [0.15, 0.2) is 67.1 Å². The van der Waals surface area contributed by atoms with E-state index in [-0.39, 0.29) is 11.9 Å². The summed E-state index contributed by atoms with van der Waals surface area (Å²) in [4.78, 5) is 21.5. The van der Waals surface area contributed by atoms with Crippen molar-refractivity contribution in [1.82, 2.24) is 15.3 Å². The molecule has 1 aromatic carbocycles. The number of carbonyl (C=O) groups is 1. The maximum Gasteiger partial charge on any atom is 0.255 e. The standard InChI is InChI=1S/C24H27N5O2/c1-31-20-6-4-19(5-7-20)24(30)28-21-3-2-12-27-23(21)29-22(17-8-13-25-14-9-17)18-10-15-26-16-11-18/h2-9,12-14,18,22,26H,10-11,15-16H2,1H3,(H,27,29)(H,28,30). The molecule has 0 bridgehead atoms. The summed E-state index contributed by atoms with van der Waals surface area (Å²) in [6.45, 7) is 1.99. The molecule has 0 saturated carbocycles. The second kappa shape index (κ2) is 10.0. The van der Waals surface area contributed by atoms with Crippen molar-refractivity contribution in [2.75, 3.05) is 30.8 Å². The first-order valence-electron chi connectivity index (χ1n) is 10.5. The molecule has 4 rings (SSSR count). The van der Waals surface area contributed by atoms with Crippen molar-refractivity contribution in [3.63, 3.8) is 0 Å². The number of pyridine rings is 2. The van der Waals surface area contributed by atoms with E-state index in [0.717, 1.165) is 25.9 Å². The normalized spacial score (nSPS) is 15.1. The largest absolute Gasteiger partial charge is 0.497 e. The first kappa shape index (κ1) is 20.8. The fraction of sp³-hybridized carbons (Fsp3) is 0.292. The van der Waals surface area contributed by atoms with Crippen LogP contribution in [0.1, 0.15) is 34.8 Å². The van der Waals surface area contributed by atoms with Gasteiger partial charge in [-0.15, -0.1) is 0 Å². The lowest BCUT2D eigenvalue weighted by molar-refractivity contribution is 0.102. The average molecular weight is 418 g/mol. The molecule has 1 unspecified atom stereocenters. The molecule has 1 fully saturated rings. The molecule has 0 spiro atoms. The van der Waals surface area contributed by atoms with Gasteiger partial charge in [-0.05, 0) is 85.9 Å². The number of piperidine rings is 1. The van der Waals surface area contributed by atoms with Crippen molar-refractivity contribution >= 4 is 17.4 Å². The molecule has 1 atom stereocenters. The first-order chi connectivity index (χ1) is 15.2. The Morgan fingerprint density at radius 2 is 1.81 bits per heavy atom. The lowest BCUT2D eigenvalue weighted by Gasteiger charge is -2.32. The van der Waals surface area contributed by atoms with Gasteiger partial charge in [-0.3, -0.25) is 9.78 Å². The van der Waals surface area contributed by atoms with Gasteiger partial charge in [-0.25, -0.2) is 4.98 Å². The number of methoxy groups -OCH3 is 1. The molecule has 3 heterocycles. The monoisotopic (exact) mass is 417 g/mol. The Labute approximate surface area is 182 Å². The highest BCUT2D eigenvalue weighted by molar-refractivity contribution is 6.05. The summed E-state index contributed by atoms with van der Waals surface area (Å²) in [6, 6.07) is 14.9. The Bertz CT molecular complexity index is 988. The summed E-state index contributed by atoms with van der Waals surface area (Å²) in [5.74, 6) is 1.63. The Morgan fingerprint density at radius 1 is 1.06 bits per heavy atom. The third kappa shape index (κ3) is 5.19. The molecule has 7 heteroatoms. The van der Waals surface area contributed by atoms with Gasteiger partial charge >= 0.3 is 0 Å². The zero-order valence-electron chi connectivity index (χ0n) is 17.5. The minimum Gasteiger partial charge on any atom is -0.497 e. The maximum atomic E-state index is 12.8. The van der Waals surface area contributed by atoms with E-state index in [1.807, 2.05) is 36.7 Å². The predicted octanol–water partition coefficient (Wildman–Crippen LogP) is 3.89. The molecule has 7 nitrogen and oxygen atoms in total. The number of nitrogens with one attached hydrogen (secondary N) is 3. The first-order valence-corrected chi connectivity index (χ1v) is 10.5. The molecular weight excluding hydrogens is 390 g/mol. The van der Waals surface area contributed by atoms with Gasteiger partial charge in [0, 0.05) is 24.2 Å². The fourth-order valence-electron chi connectivity index (χ4n) is 3.93. The van der Waals surface area contributed by atoms with Gasteiger partial charge < -0.3 is 20.7 Å². The number of rotatable bonds is 7. The topological polar surface area (TPSA) is 88.2 Å². The summed E-state index contributed by atoms with van der Waals surface area (Å²) >= 11 is 0. The Kier molecular flexibility index (Phi) is 6.74. The summed E-state index contributed by atoms with van der Waals surface area (Å²) in [5.41, 5.74) is 2.37. The summed E-state index contributed by atoms with van der Waals surface area (Å²) < 4.78 is 5.17. The molecule has 1 amide bonds. The lowest BCUT2D eigenvalue weighted by atomic mass is 9.86. The molecular formula is C24H27N5O2.